The van der Waals surface area contributed by atoms with Crippen LogP contribution in [0.2, 0.25) is 0 Å². The fourth-order valence-electron chi connectivity index (χ4n) is 1.28. The number of primary amides is 1. The van der Waals surface area contributed by atoms with Gasteiger partial charge >= 0.3 is 0 Å². The molecule has 14 heavy (non-hydrogen) atoms. The molecule has 0 aliphatic carbocycles. The maximum absolute atomic E-state index is 11.1. The highest BCUT2D eigenvalue weighted by molar-refractivity contribution is 5.83. The lowest BCUT2D eigenvalue weighted by Gasteiger charge is -2.19. The second kappa shape index (κ2) is 4.65. The topological polar surface area (TPSA) is 55.1 Å². The van der Waals surface area contributed by atoms with Gasteiger partial charge in [-0.2, -0.15) is 0 Å². The first-order valence-electron chi connectivity index (χ1n) is 4.72. The Balaban J connectivity index is 2.70. The molecule has 1 rings (SSSR count). The normalized spacial score (nSPS) is 12.5. The molecule has 76 valence electrons. The Bertz CT molecular complexity index is 295. The summed E-state index contributed by atoms with van der Waals surface area (Å²) < 4.78 is 0. The summed E-state index contributed by atoms with van der Waals surface area (Å²) in [5.41, 5.74) is 6.21. The molecule has 1 amide bonds. The summed E-state index contributed by atoms with van der Waals surface area (Å²) >= 11 is 0. The van der Waals surface area contributed by atoms with Crippen molar-refractivity contribution in [3.8, 4) is 0 Å². The minimum absolute atomic E-state index is 0.188. The molecule has 0 aliphatic rings. The smallest absolute Gasteiger partial charge is 0.240 e. The van der Waals surface area contributed by atoms with Crippen molar-refractivity contribution in [3.63, 3.8) is 0 Å². The fraction of sp³-hybridized carbons (Fsp3) is 0.364. The molecule has 0 radical (unpaired) electrons. The average Bonchev–Trinajstić information content (AvgIpc) is 2.15. The van der Waals surface area contributed by atoms with E-state index in [9.17, 15) is 4.79 Å². The van der Waals surface area contributed by atoms with E-state index in [-0.39, 0.29) is 17.9 Å². The van der Waals surface area contributed by atoms with E-state index in [0.29, 0.717) is 0 Å². The highest BCUT2D eigenvalue weighted by Gasteiger charge is 2.18. The van der Waals surface area contributed by atoms with E-state index in [4.69, 9.17) is 5.73 Å². The third-order valence-corrected chi connectivity index (χ3v) is 2.07. The summed E-state index contributed by atoms with van der Waals surface area (Å²) in [5, 5.41) is 3.10. The largest absolute Gasteiger partial charge is 0.373 e. The van der Waals surface area contributed by atoms with Crippen LogP contribution in [0.4, 0.5) is 5.69 Å². The number of nitrogens with one attached hydrogen (secondary N) is 1. The molecular weight excluding hydrogens is 176 g/mol. The van der Waals surface area contributed by atoms with Gasteiger partial charge in [-0.25, -0.2) is 0 Å². The van der Waals surface area contributed by atoms with E-state index < -0.39 is 0 Å². The Kier molecular flexibility index (Phi) is 3.51. The number of amides is 1. The predicted molar refractivity (Wildman–Crippen MR) is 57.9 cm³/mol. The van der Waals surface area contributed by atoms with Crippen molar-refractivity contribution in [1.29, 1.82) is 0 Å². The Morgan fingerprint density at radius 1 is 1.29 bits per heavy atom. The molecule has 1 atom stereocenters. The van der Waals surface area contributed by atoms with Crippen LogP contribution < -0.4 is 11.1 Å². The van der Waals surface area contributed by atoms with Crippen molar-refractivity contribution in [2.45, 2.75) is 19.9 Å². The molecule has 0 fully saturated rings. The number of hydrogen-bond acceptors (Lipinski definition) is 2. The zero-order chi connectivity index (χ0) is 10.6. The predicted octanol–water partition coefficient (Wildman–Crippen LogP) is 1.61. The van der Waals surface area contributed by atoms with Crippen molar-refractivity contribution < 1.29 is 4.79 Å². The number of para-hydroxylation sites is 1. The molecular formula is C11H16N2O. The second-order valence-electron chi connectivity index (χ2n) is 3.63. The molecule has 0 aromatic heterocycles. The zero-order valence-corrected chi connectivity index (χ0v) is 8.53. The number of carbonyl (C=O) groups is 1. The van der Waals surface area contributed by atoms with Gasteiger partial charge in [-0.1, -0.05) is 32.0 Å². The van der Waals surface area contributed by atoms with Crippen molar-refractivity contribution in [2.24, 2.45) is 11.7 Å². The van der Waals surface area contributed by atoms with Gasteiger partial charge in [0.25, 0.3) is 0 Å². The van der Waals surface area contributed by atoms with Gasteiger partial charge < -0.3 is 11.1 Å². The van der Waals surface area contributed by atoms with Crippen LogP contribution in [0.3, 0.4) is 0 Å². The van der Waals surface area contributed by atoms with Crippen LogP contribution >= 0.6 is 0 Å². The first-order valence-corrected chi connectivity index (χ1v) is 4.72. The fourth-order valence-corrected chi connectivity index (χ4v) is 1.28. The van der Waals surface area contributed by atoms with E-state index >= 15 is 0 Å². The molecule has 0 heterocycles. The highest BCUT2D eigenvalue weighted by Crippen LogP contribution is 2.11. The molecule has 0 saturated carbocycles. The van der Waals surface area contributed by atoms with Crippen LogP contribution in [0, 0.1) is 5.92 Å². The molecule has 3 N–H and O–H groups in total. The van der Waals surface area contributed by atoms with Gasteiger partial charge in [0.05, 0.1) is 0 Å². The number of hydrogen-bond donors (Lipinski definition) is 2. The zero-order valence-electron chi connectivity index (χ0n) is 8.53. The molecule has 0 spiro atoms. The van der Waals surface area contributed by atoms with E-state index in [1.54, 1.807) is 0 Å². The Hall–Kier alpha value is -1.51. The van der Waals surface area contributed by atoms with Crippen LogP contribution in [-0.2, 0) is 4.79 Å². The maximum atomic E-state index is 11.1. The minimum Gasteiger partial charge on any atom is -0.373 e. The van der Waals surface area contributed by atoms with Crippen molar-refractivity contribution in [3.05, 3.63) is 30.3 Å². The SMILES string of the molecule is CC(C)C(Nc1ccccc1)C(N)=O. The lowest BCUT2D eigenvalue weighted by molar-refractivity contribution is -0.119. The van der Waals surface area contributed by atoms with Gasteiger partial charge in [0.1, 0.15) is 6.04 Å². The quantitative estimate of drug-likeness (QED) is 0.761. The molecule has 0 bridgehead atoms. The van der Waals surface area contributed by atoms with Crippen molar-refractivity contribution in [1.82, 2.24) is 0 Å². The Morgan fingerprint density at radius 3 is 2.29 bits per heavy atom. The molecule has 0 saturated heterocycles. The monoisotopic (exact) mass is 192 g/mol. The van der Waals surface area contributed by atoms with Gasteiger partial charge in [-0.3, -0.25) is 4.79 Å². The van der Waals surface area contributed by atoms with Gasteiger partial charge in [-0.15, -0.1) is 0 Å². The first-order chi connectivity index (χ1) is 6.61. The summed E-state index contributed by atoms with van der Waals surface area (Å²) in [6.45, 7) is 3.93. The summed E-state index contributed by atoms with van der Waals surface area (Å²) in [6, 6.07) is 9.29. The highest BCUT2D eigenvalue weighted by atomic mass is 16.1. The number of rotatable bonds is 4. The number of carbonyl (C=O) groups excluding carboxylic acids is 1. The second-order valence-corrected chi connectivity index (χ2v) is 3.63. The first kappa shape index (κ1) is 10.6. The van der Waals surface area contributed by atoms with Gasteiger partial charge in [0.15, 0.2) is 0 Å². The number of anilines is 1. The van der Waals surface area contributed by atoms with Crippen LogP contribution in [0.1, 0.15) is 13.8 Å². The van der Waals surface area contributed by atoms with Crippen LogP contribution in [0.15, 0.2) is 30.3 Å². The maximum Gasteiger partial charge on any atom is 0.240 e. The average molecular weight is 192 g/mol. The summed E-state index contributed by atoms with van der Waals surface area (Å²) in [4.78, 5) is 11.1. The summed E-state index contributed by atoms with van der Waals surface area (Å²) in [5.74, 6) is -0.128. The van der Waals surface area contributed by atoms with E-state index in [2.05, 4.69) is 5.32 Å². The number of nitrogens with two attached hydrogens (primary N) is 1. The van der Waals surface area contributed by atoms with Gasteiger partial charge in [-0.05, 0) is 18.1 Å². The summed E-state index contributed by atoms with van der Waals surface area (Å²) in [6.07, 6.45) is 0. The third-order valence-electron chi connectivity index (χ3n) is 2.07. The Morgan fingerprint density at radius 2 is 1.86 bits per heavy atom. The lowest BCUT2D eigenvalue weighted by Crippen LogP contribution is -2.39. The van der Waals surface area contributed by atoms with Gasteiger partial charge in [0.2, 0.25) is 5.91 Å². The van der Waals surface area contributed by atoms with E-state index in [1.165, 1.54) is 0 Å². The van der Waals surface area contributed by atoms with Crippen molar-refractivity contribution >= 4 is 11.6 Å². The minimum atomic E-state index is -0.316. The molecule has 1 aromatic rings. The number of benzene rings is 1. The van der Waals surface area contributed by atoms with Crippen LogP contribution in [0.5, 0.6) is 0 Å². The van der Waals surface area contributed by atoms with E-state index in [0.717, 1.165) is 5.69 Å². The van der Waals surface area contributed by atoms with Crippen LogP contribution in [0.25, 0.3) is 0 Å². The molecule has 3 heteroatoms. The molecule has 1 unspecified atom stereocenters. The van der Waals surface area contributed by atoms with E-state index in [1.807, 2.05) is 44.2 Å². The molecule has 0 aliphatic heterocycles. The van der Waals surface area contributed by atoms with Gasteiger partial charge in [0, 0.05) is 5.69 Å². The van der Waals surface area contributed by atoms with Crippen LogP contribution in [-0.4, -0.2) is 11.9 Å². The van der Waals surface area contributed by atoms with Crippen molar-refractivity contribution in [2.75, 3.05) is 5.32 Å². The summed E-state index contributed by atoms with van der Waals surface area (Å²) in [7, 11) is 0. The third kappa shape index (κ3) is 2.76. The standard InChI is InChI=1S/C11H16N2O/c1-8(2)10(11(12)14)13-9-6-4-3-5-7-9/h3-8,10,13H,1-2H3,(H2,12,14). The Labute approximate surface area is 84.3 Å². The molecule has 1 aromatic carbocycles. The molecule has 3 nitrogen and oxygen atoms in total. The lowest BCUT2D eigenvalue weighted by atomic mass is 10.0.